The fourth-order valence-electron chi connectivity index (χ4n) is 2.60. The smallest absolute Gasteiger partial charge is 0.283 e. The second-order valence-electron chi connectivity index (χ2n) is 6.32. The van der Waals surface area contributed by atoms with Crippen LogP contribution in [0.3, 0.4) is 0 Å². The summed E-state index contributed by atoms with van der Waals surface area (Å²) in [4.78, 5) is 25.9. The number of carbonyl (C=O) groups excluding carboxylic acids is 1. The summed E-state index contributed by atoms with van der Waals surface area (Å²) in [5.74, 6) is 1.32. The lowest BCUT2D eigenvalue weighted by atomic mass is 10.1. The minimum Gasteiger partial charge on any atom is -0.339 e. The van der Waals surface area contributed by atoms with Crippen LogP contribution in [-0.4, -0.2) is 34.6 Å². The van der Waals surface area contributed by atoms with Crippen molar-refractivity contribution in [2.75, 3.05) is 18.8 Å². The summed E-state index contributed by atoms with van der Waals surface area (Å²) in [5.41, 5.74) is 0.466. The summed E-state index contributed by atoms with van der Waals surface area (Å²) in [5, 5.41) is 11.3. The van der Waals surface area contributed by atoms with Gasteiger partial charge in [-0.2, -0.15) is 0 Å². The quantitative estimate of drug-likeness (QED) is 0.440. The van der Waals surface area contributed by atoms with Crippen molar-refractivity contribution in [2.24, 2.45) is 5.92 Å². The number of rotatable bonds is 6. The van der Waals surface area contributed by atoms with Gasteiger partial charge in [-0.05, 0) is 49.5 Å². The highest BCUT2D eigenvalue weighted by Crippen LogP contribution is 2.31. The van der Waals surface area contributed by atoms with Gasteiger partial charge in [0.05, 0.1) is 9.82 Å². The Morgan fingerprint density at radius 3 is 2.61 bits per heavy atom. The average Bonchev–Trinajstić information content (AvgIpc) is 2.54. The Kier molecular flexibility index (Phi) is 6.45. The zero-order chi connectivity index (χ0) is 16.8. The van der Waals surface area contributed by atoms with Crippen LogP contribution in [0, 0.1) is 16.0 Å². The van der Waals surface area contributed by atoms with Crippen LogP contribution < -0.4 is 0 Å². The summed E-state index contributed by atoms with van der Waals surface area (Å²) in [6.45, 7) is 5.76. The normalized spacial score (nSPS) is 15.0. The van der Waals surface area contributed by atoms with Crippen molar-refractivity contribution in [1.29, 1.82) is 0 Å². The summed E-state index contributed by atoms with van der Waals surface area (Å²) in [6.07, 6.45) is 4.18. The Labute approximate surface area is 141 Å². The molecular weight excluding hydrogens is 312 g/mol. The van der Waals surface area contributed by atoms with Gasteiger partial charge >= 0.3 is 0 Å². The number of amides is 1. The molecule has 0 atom stereocenters. The van der Waals surface area contributed by atoms with Gasteiger partial charge in [0.2, 0.25) is 0 Å². The summed E-state index contributed by atoms with van der Waals surface area (Å²) in [7, 11) is 0. The molecule has 0 bridgehead atoms. The highest BCUT2D eigenvalue weighted by molar-refractivity contribution is 7.99. The number of piperidine rings is 1. The fourth-order valence-corrected chi connectivity index (χ4v) is 3.85. The van der Waals surface area contributed by atoms with Crippen molar-refractivity contribution in [3.63, 3.8) is 0 Å². The van der Waals surface area contributed by atoms with Gasteiger partial charge in [-0.15, -0.1) is 11.8 Å². The number of thioether (sulfide) groups is 1. The van der Waals surface area contributed by atoms with Gasteiger partial charge in [-0.1, -0.05) is 13.8 Å². The van der Waals surface area contributed by atoms with E-state index in [2.05, 4.69) is 13.8 Å². The van der Waals surface area contributed by atoms with Crippen LogP contribution >= 0.6 is 11.8 Å². The van der Waals surface area contributed by atoms with E-state index in [1.807, 2.05) is 0 Å². The Hall–Kier alpha value is -1.56. The van der Waals surface area contributed by atoms with Crippen molar-refractivity contribution >= 4 is 23.4 Å². The molecule has 0 radical (unpaired) electrons. The van der Waals surface area contributed by atoms with Crippen LogP contribution in [0.5, 0.6) is 0 Å². The van der Waals surface area contributed by atoms with E-state index in [4.69, 9.17) is 0 Å². The molecule has 1 aromatic rings. The van der Waals surface area contributed by atoms with E-state index in [-0.39, 0.29) is 16.5 Å². The van der Waals surface area contributed by atoms with Gasteiger partial charge in [-0.25, -0.2) is 0 Å². The molecule has 0 spiro atoms. The van der Waals surface area contributed by atoms with Crippen molar-refractivity contribution in [3.8, 4) is 0 Å². The number of likely N-dealkylation sites (tertiary alicyclic amines) is 1. The van der Waals surface area contributed by atoms with E-state index in [0.717, 1.165) is 44.5 Å². The Morgan fingerprint density at radius 1 is 1.30 bits per heavy atom. The van der Waals surface area contributed by atoms with Gasteiger partial charge in [0.1, 0.15) is 0 Å². The third-order valence-corrected chi connectivity index (χ3v) is 5.09. The van der Waals surface area contributed by atoms with Gasteiger partial charge in [0, 0.05) is 24.7 Å². The second kappa shape index (κ2) is 8.34. The third kappa shape index (κ3) is 4.96. The molecule has 1 amide bonds. The highest BCUT2D eigenvalue weighted by atomic mass is 32.2. The number of nitro groups is 1. The van der Waals surface area contributed by atoms with E-state index < -0.39 is 0 Å². The SMILES string of the molecule is CC(C)CCSc1ccc(C(=O)N2CCCCC2)cc1[N+](=O)[O-]. The monoisotopic (exact) mass is 336 g/mol. The molecule has 126 valence electrons. The maximum atomic E-state index is 12.5. The predicted octanol–water partition coefficient (Wildman–Crippen LogP) is 4.36. The molecule has 1 aliphatic rings. The minimum absolute atomic E-state index is 0.0432. The topological polar surface area (TPSA) is 63.5 Å². The Bertz CT molecular complexity index is 569. The third-order valence-electron chi connectivity index (χ3n) is 4.00. The summed E-state index contributed by atoms with van der Waals surface area (Å²) >= 11 is 1.49. The molecule has 0 saturated carbocycles. The van der Waals surface area contributed by atoms with Crippen molar-refractivity contribution < 1.29 is 9.72 Å². The molecule has 6 heteroatoms. The van der Waals surface area contributed by atoms with Crippen LogP contribution in [0.25, 0.3) is 0 Å². The molecular formula is C17H24N2O3S. The fraction of sp³-hybridized carbons (Fsp3) is 0.588. The van der Waals surface area contributed by atoms with Crippen molar-refractivity contribution in [2.45, 2.75) is 44.4 Å². The van der Waals surface area contributed by atoms with Gasteiger partial charge < -0.3 is 4.90 Å². The number of nitrogens with zero attached hydrogens (tertiary/aromatic N) is 2. The van der Waals surface area contributed by atoms with Crippen LogP contribution in [0.2, 0.25) is 0 Å². The predicted molar refractivity (Wildman–Crippen MR) is 93.0 cm³/mol. The lowest BCUT2D eigenvalue weighted by Gasteiger charge is -2.26. The van der Waals surface area contributed by atoms with Gasteiger partial charge in [0.15, 0.2) is 0 Å². The molecule has 2 rings (SSSR count). The van der Waals surface area contributed by atoms with Crippen LogP contribution in [0.1, 0.15) is 49.9 Å². The number of carbonyl (C=O) groups is 1. The summed E-state index contributed by atoms with van der Waals surface area (Å²) < 4.78 is 0. The van der Waals surface area contributed by atoms with Crippen molar-refractivity contribution in [1.82, 2.24) is 4.90 Å². The zero-order valence-electron chi connectivity index (χ0n) is 13.8. The first-order chi connectivity index (χ1) is 11.0. The van der Waals surface area contributed by atoms with E-state index in [1.165, 1.54) is 17.8 Å². The van der Waals surface area contributed by atoms with Crippen LogP contribution in [-0.2, 0) is 0 Å². The Balaban J connectivity index is 2.14. The van der Waals surface area contributed by atoms with Crippen LogP contribution in [0.4, 0.5) is 5.69 Å². The van der Waals surface area contributed by atoms with Gasteiger partial charge in [0.25, 0.3) is 11.6 Å². The average molecular weight is 336 g/mol. The van der Waals surface area contributed by atoms with E-state index in [9.17, 15) is 14.9 Å². The first-order valence-corrected chi connectivity index (χ1v) is 9.18. The lowest BCUT2D eigenvalue weighted by Crippen LogP contribution is -2.35. The molecule has 0 N–H and O–H groups in total. The number of nitro benzene ring substituents is 1. The summed E-state index contributed by atoms with van der Waals surface area (Å²) in [6, 6.07) is 4.89. The van der Waals surface area contributed by atoms with E-state index >= 15 is 0 Å². The van der Waals surface area contributed by atoms with Crippen LogP contribution in [0.15, 0.2) is 23.1 Å². The largest absolute Gasteiger partial charge is 0.339 e. The second-order valence-corrected chi connectivity index (χ2v) is 7.46. The molecule has 1 aromatic carbocycles. The molecule has 0 aromatic heterocycles. The highest BCUT2D eigenvalue weighted by Gasteiger charge is 2.22. The molecule has 1 heterocycles. The minimum atomic E-state index is -0.384. The number of hydrogen-bond donors (Lipinski definition) is 0. The number of benzene rings is 1. The molecule has 1 aliphatic heterocycles. The molecule has 1 saturated heterocycles. The Morgan fingerprint density at radius 2 is 2.00 bits per heavy atom. The van der Waals surface area contributed by atoms with E-state index in [0.29, 0.717) is 16.4 Å². The maximum absolute atomic E-state index is 12.5. The van der Waals surface area contributed by atoms with E-state index in [1.54, 1.807) is 17.0 Å². The molecule has 5 nitrogen and oxygen atoms in total. The number of hydrogen-bond acceptors (Lipinski definition) is 4. The van der Waals surface area contributed by atoms with Crippen molar-refractivity contribution in [3.05, 3.63) is 33.9 Å². The first kappa shape index (κ1) is 17.8. The first-order valence-electron chi connectivity index (χ1n) is 8.19. The molecule has 1 fully saturated rings. The lowest BCUT2D eigenvalue weighted by molar-refractivity contribution is -0.387. The zero-order valence-corrected chi connectivity index (χ0v) is 14.6. The molecule has 0 unspecified atom stereocenters. The maximum Gasteiger partial charge on any atom is 0.283 e. The van der Waals surface area contributed by atoms with Gasteiger partial charge in [-0.3, -0.25) is 14.9 Å². The standard InChI is InChI=1S/C17H24N2O3S/c1-13(2)8-11-23-16-7-6-14(12-15(16)19(21)22)17(20)18-9-4-3-5-10-18/h6-7,12-13H,3-5,8-11H2,1-2H3. The molecule has 23 heavy (non-hydrogen) atoms. The molecule has 0 aliphatic carbocycles.